The standard InChI is InChI=1S/C21H19F4N5O2/c1-11-6-12(8-26)9-28-16(11)17(31)29-13-4-5-15(22)14(7-13)19(2)10-32-20(3,18(27)30-19)21(23,24)25/h4-7,9H,10H2,1-3H3,(H2,27,30)(H,29,31). The van der Waals surface area contributed by atoms with Gasteiger partial charge in [0.1, 0.15) is 29.0 Å². The summed E-state index contributed by atoms with van der Waals surface area (Å²) >= 11 is 0. The summed E-state index contributed by atoms with van der Waals surface area (Å²) in [6, 6.07) is 7.00. The smallest absolute Gasteiger partial charge is 0.385 e. The van der Waals surface area contributed by atoms with Crippen molar-refractivity contribution >= 4 is 17.4 Å². The van der Waals surface area contributed by atoms with E-state index in [1.165, 1.54) is 31.3 Å². The van der Waals surface area contributed by atoms with Crippen LogP contribution in [0.3, 0.4) is 0 Å². The van der Waals surface area contributed by atoms with E-state index in [0.29, 0.717) is 5.56 Å². The predicted molar refractivity (Wildman–Crippen MR) is 107 cm³/mol. The van der Waals surface area contributed by atoms with Crippen LogP contribution in [0.5, 0.6) is 0 Å². The van der Waals surface area contributed by atoms with Gasteiger partial charge < -0.3 is 15.8 Å². The van der Waals surface area contributed by atoms with Gasteiger partial charge in [-0.25, -0.2) is 9.37 Å². The van der Waals surface area contributed by atoms with Crippen LogP contribution in [-0.4, -0.2) is 35.1 Å². The molecule has 0 saturated heterocycles. The zero-order valence-electron chi connectivity index (χ0n) is 17.3. The molecular weight excluding hydrogens is 430 g/mol. The largest absolute Gasteiger partial charge is 0.424 e. The number of ether oxygens (including phenoxy) is 1. The monoisotopic (exact) mass is 449 g/mol. The highest BCUT2D eigenvalue weighted by molar-refractivity contribution is 6.04. The second kappa shape index (κ2) is 7.87. The van der Waals surface area contributed by atoms with Gasteiger partial charge in [-0.1, -0.05) is 0 Å². The Kier molecular flexibility index (Phi) is 5.69. The maximum absolute atomic E-state index is 14.6. The van der Waals surface area contributed by atoms with Crippen LogP contribution in [0.1, 0.15) is 41.0 Å². The van der Waals surface area contributed by atoms with Crippen molar-refractivity contribution in [2.45, 2.75) is 38.1 Å². The number of amides is 1. The van der Waals surface area contributed by atoms with Crippen molar-refractivity contribution in [3.05, 3.63) is 58.7 Å². The van der Waals surface area contributed by atoms with Gasteiger partial charge in [0.2, 0.25) is 5.60 Å². The fourth-order valence-corrected chi connectivity index (χ4v) is 3.21. The lowest BCUT2D eigenvalue weighted by molar-refractivity contribution is -0.249. The SMILES string of the molecule is Cc1cc(C#N)cnc1C(=O)Nc1ccc(F)c(C2(C)COC(C)(C(F)(F)F)C(N)=N2)c1. The number of hydrogen-bond donors (Lipinski definition) is 2. The summed E-state index contributed by atoms with van der Waals surface area (Å²) in [6.07, 6.45) is -3.56. The topological polar surface area (TPSA) is 113 Å². The molecule has 7 nitrogen and oxygen atoms in total. The Morgan fingerprint density at radius 2 is 2.00 bits per heavy atom. The number of nitrogens with two attached hydrogens (primary N) is 1. The maximum Gasteiger partial charge on any atom is 0.424 e. The third-order valence-electron chi connectivity index (χ3n) is 5.27. The van der Waals surface area contributed by atoms with Gasteiger partial charge >= 0.3 is 6.18 Å². The molecule has 3 N–H and O–H groups in total. The molecule has 0 spiro atoms. The second-order valence-electron chi connectivity index (χ2n) is 7.74. The molecule has 0 saturated carbocycles. The molecule has 0 fully saturated rings. The van der Waals surface area contributed by atoms with Crippen molar-refractivity contribution in [3.63, 3.8) is 0 Å². The highest BCUT2D eigenvalue weighted by Gasteiger charge is 2.59. The molecule has 2 atom stereocenters. The fraction of sp³-hybridized carbons (Fsp3) is 0.333. The van der Waals surface area contributed by atoms with E-state index in [1.807, 2.05) is 6.07 Å². The van der Waals surface area contributed by atoms with E-state index >= 15 is 0 Å². The van der Waals surface area contributed by atoms with E-state index in [1.54, 1.807) is 6.92 Å². The molecule has 0 bridgehead atoms. The molecular formula is C21H19F4N5O2. The van der Waals surface area contributed by atoms with Crippen LogP contribution in [0, 0.1) is 24.1 Å². The highest BCUT2D eigenvalue weighted by Crippen LogP contribution is 2.41. The van der Waals surface area contributed by atoms with Gasteiger partial charge in [-0.15, -0.1) is 0 Å². The van der Waals surface area contributed by atoms with Crippen LogP contribution in [0.4, 0.5) is 23.2 Å². The molecule has 11 heteroatoms. The predicted octanol–water partition coefficient (Wildman–Crippen LogP) is 3.58. The summed E-state index contributed by atoms with van der Waals surface area (Å²) < 4.78 is 59.6. The Morgan fingerprint density at radius 3 is 2.56 bits per heavy atom. The summed E-state index contributed by atoms with van der Waals surface area (Å²) in [5, 5.41) is 11.5. The average Bonchev–Trinajstić information content (AvgIpc) is 2.71. The molecule has 2 unspecified atom stereocenters. The number of aryl methyl sites for hydroxylation is 1. The van der Waals surface area contributed by atoms with E-state index in [0.717, 1.165) is 13.0 Å². The normalized spacial score (nSPS) is 23.2. The zero-order chi connectivity index (χ0) is 23.9. The van der Waals surface area contributed by atoms with Crippen LogP contribution in [-0.2, 0) is 10.3 Å². The third kappa shape index (κ3) is 4.01. The summed E-state index contributed by atoms with van der Waals surface area (Å²) in [5.41, 5.74) is 2.11. The first kappa shape index (κ1) is 23.1. The molecule has 1 aromatic heterocycles. The minimum atomic E-state index is -4.80. The number of nitrogens with zero attached hydrogens (tertiary/aromatic N) is 3. The number of alkyl halides is 3. The van der Waals surface area contributed by atoms with Crippen molar-refractivity contribution in [3.8, 4) is 6.07 Å². The van der Waals surface area contributed by atoms with Crippen LogP contribution in [0.15, 0.2) is 35.5 Å². The fourth-order valence-electron chi connectivity index (χ4n) is 3.21. The molecule has 32 heavy (non-hydrogen) atoms. The third-order valence-corrected chi connectivity index (χ3v) is 5.27. The number of amidine groups is 1. The molecule has 1 aliphatic rings. The summed E-state index contributed by atoms with van der Waals surface area (Å²) in [7, 11) is 0. The maximum atomic E-state index is 14.6. The quantitative estimate of drug-likeness (QED) is 0.696. The van der Waals surface area contributed by atoms with E-state index in [-0.39, 0.29) is 22.5 Å². The van der Waals surface area contributed by atoms with Crippen molar-refractivity contribution in [1.82, 2.24) is 4.98 Å². The Balaban J connectivity index is 1.93. The Hall–Kier alpha value is -3.52. The van der Waals surface area contributed by atoms with Crippen molar-refractivity contribution in [2.75, 3.05) is 11.9 Å². The van der Waals surface area contributed by atoms with Crippen molar-refractivity contribution in [1.29, 1.82) is 5.26 Å². The van der Waals surface area contributed by atoms with Crippen molar-refractivity contribution < 1.29 is 27.1 Å². The van der Waals surface area contributed by atoms with Crippen LogP contribution in [0.2, 0.25) is 0 Å². The Labute approximate surface area is 180 Å². The number of benzene rings is 1. The molecule has 0 radical (unpaired) electrons. The van der Waals surface area contributed by atoms with E-state index in [9.17, 15) is 22.4 Å². The number of aromatic nitrogens is 1. The number of halogens is 4. The Morgan fingerprint density at radius 1 is 1.31 bits per heavy atom. The van der Waals surface area contributed by atoms with E-state index in [4.69, 9.17) is 15.7 Å². The average molecular weight is 449 g/mol. The first-order valence-electron chi connectivity index (χ1n) is 9.35. The van der Waals surface area contributed by atoms with Gasteiger partial charge in [0.05, 0.1) is 12.2 Å². The van der Waals surface area contributed by atoms with Crippen LogP contribution < -0.4 is 11.1 Å². The molecule has 1 aliphatic heterocycles. The van der Waals surface area contributed by atoms with Gasteiger partial charge in [0, 0.05) is 17.4 Å². The molecule has 2 heterocycles. The zero-order valence-corrected chi connectivity index (χ0v) is 17.3. The van der Waals surface area contributed by atoms with Crippen molar-refractivity contribution in [2.24, 2.45) is 10.7 Å². The number of aliphatic imine (C=N–C) groups is 1. The molecule has 168 valence electrons. The highest BCUT2D eigenvalue weighted by atomic mass is 19.4. The lowest BCUT2D eigenvalue weighted by Gasteiger charge is -2.41. The number of anilines is 1. The molecule has 1 aromatic carbocycles. The van der Waals surface area contributed by atoms with Gasteiger partial charge in [-0.05, 0) is 50.6 Å². The minimum Gasteiger partial charge on any atom is -0.385 e. The minimum absolute atomic E-state index is 0.0605. The van der Waals surface area contributed by atoms with Gasteiger partial charge in [-0.2, -0.15) is 18.4 Å². The number of carbonyl (C=O) groups is 1. The molecule has 1 amide bonds. The van der Waals surface area contributed by atoms with E-state index in [2.05, 4.69) is 15.3 Å². The number of nitriles is 1. The van der Waals surface area contributed by atoms with Gasteiger partial charge in [-0.3, -0.25) is 9.79 Å². The number of rotatable bonds is 3. The number of hydrogen-bond acceptors (Lipinski definition) is 6. The lowest BCUT2D eigenvalue weighted by Crippen LogP contribution is -2.60. The first-order chi connectivity index (χ1) is 14.8. The van der Waals surface area contributed by atoms with Gasteiger partial charge in [0.15, 0.2) is 0 Å². The summed E-state index contributed by atoms with van der Waals surface area (Å²) in [4.78, 5) is 20.5. The molecule has 3 rings (SSSR count). The number of carbonyl (C=O) groups excluding carboxylic acids is 1. The lowest BCUT2D eigenvalue weighted by atomic mass is 9.89. The summed E-state index contributed by atoms with van der Waals surface area (Å²) in [5.74, 6) is -2.19. The van der Waals surface area contributed by atoms with Gasteiger partial charge in [0.25, 0.3) is 5.91 Å². The van der Waals surface area contributed by atoms with Crippen LogP contribution in [0.25, 0.3) is 0 Å². The summed E-state index contributed by atoms with van der Waals surface area (Å²) in [6.45, 7) is 3.15. The Bertz CT molecular complexity index is 1160. The first-order valence-corrected chi connectivity index (χ1v) is 9.35. The number of nitrogens with one attached hydrogen (secondary N) is 1. The van der Waals surface area contributed by atoms with Crippen LogP contribution >= 0.6 is 0 Å². The number of pyridine rings is 1. The molecule has 0 aliphatic carbocycles. The molecule has 2 aromatic rings. The van der Waals surface area contributed by atoms with E-state index < -0.39 is 41.5 Å². The second-order valence-corrected chi connectivity index (χ2v) is 7.74.